The molecule has 1 amide bonds. The van der Waals surface area contributed by atoms with E-state index in [9.17, 15) is 4.79 Å². The Morgan fingerprint density at radius 2 is 1.91 bits per heavy atom. The number of anilines is 2. The molecule has 1 fully saturated rings. The van der Waals surface area contributed by atoms with Crippen LogP contribution in [-0.4, -0.2) is 16.0 Å². The summed E-state index contributed by atoms with van der Waals surface area (Å²) in [5.41, 5.74) is 4.46. The van der Waals surface area contributed by atoms with E-state index in [4.69, 9.17) is 28.2 Å². The van der Waals surface area contributed by atoms with Gasteiger partial charge in [-0.15, -0.1) is 0 Å². The second kappa shape index (κ2) is 9.52. The maximum absolute atomic E-state index is 11.4. The molecular formula is C27H23ClN4O2S. The van der Waals surface area contributed by atoms with Gasteiger partial charge in [0, 0.05) is 35.1 Å². The predicted molar refractivity (Wildman–Crippen MR) is 143 cm³/mol. The Kier molecular flexibility index (Phi) is 6.28. The van der Waals surface area contributed by atoms with E-state index in [1.165, 1.54) is 6.92 Å². The van der Waals surface area contributed by atoms with Crippen LogP contribution in [0.3, 0.4) is 0 Å². The molecule has 2 aromatic heterocycles. The summed E-state index contributed by atoms with van der Waals surface area (Å²) in [6.45, 7) is 3.51. The summed E-state index contributed by atoms with van der Waals surface area (Å²) in [6.07, 6.45) is 1.77. The average Bonchev–Trinajstić information content (AvgIpc) is 3.46. The summed E-state index contributed by atoms with van der Waals surface area (Å²) in [7, 11) is 0. The van der Waals surface area contributed by atoms with Gasteiger partial charge in [-0.05, 0) is 85.4 Å². The van der Waals surface area contributed by atoms with Crippen LogP contribution in [0.25, 0.3) is 11.3 Å². The summed E-state index contributed by atoms with van der Waals surface area (Å²) in [4.78, 5) is 18.0. The average molecular weight is 503 g/mol. The zero-order chi connectivity index (χ0) is 24.5. The summed E-state index contributed by atoms with van der Waals surface area (Å²) < 4.78 is 6.43. The molecular weight excluding hydrogens is 480 g/mol. The molecule has 0 bridgehead atoms. The molecule has 0 spiro atoms. The highest BCUT2D eigenvalue weighted by Gasteiger charge is 2.42. The van der Waals surface area contributed by atoms with E-state index >= 15 is 0 Å². The lowest BCUT2D eigenvalue weighted by atomic mass is 10.0. The van der Waals surface area contributed by atoms with Crippen LogP contribution in [-0.2, 0) is 4.79 Å². The molecule has 1 aliphatic heterocycles. The Balaban J connectivity index is 1.57. The summed E-state index contributed by atoms with van der Waals surface area (Å²) in [6, 6.07) is 22.6. The van der Waals surface area contributed by atoms with Crippen LogP contribution in [0.4, 0.5) is 11.4 Å². The van der Waals surface area contributed by atoms with E-state index in [1.54, 1.807) is 6.20 Å². The molecule has 0 radical (unpaired) electrons. The number of rotatable bonds is 5. The third kappa shape index (κ3) is 4.65. The number of pyridine rings is 1. The van der Waals surface area contributed by atoms with Crippen LogP contribution in [0.2, 0.25) is 5.02 Å². The van der Waals surface area contributed by atoms with Crippen molar-refractivity contribution in [3.05, 3.63) is 101 Å². The lowest BCUT2D eigenvalue weighted by Gasteiger charge is -2.26. The van der Waals surface area contributed by atoms with Crippen molar-refractivity contribution < 1.29 is 9.21 Å². The molecule has 1 aliphatic rings. The zero-order valence-electron chi connectivity index (χ0n) is 19.2. The van der Waals surface area contributed by atoms with Crippen LogP contribution in [0.15, 0.2) is 83.4 Å². The van der Waals surface area contributed by atoms with Crippen molar-refractivity contribution >= 4 is 46.2 Å². The van der Waals surface area contributed by atoms with E-state index in [-0.39, 0.29) is 18.0 Å². The third-order valence-electron chi connectivity index (χ3n) is 5.95. The van der Waals surface area contributed by atoms with Crippen molar-refractivity contribution in [1.82, 2.24) is 10.3 Å². The van der Waals surface area contributed by atoms with Crippen LogP contribution in [0.5, 0.6) is 0 Å². The predicted octanol–water partition coefficient (Wildman–Crippen LogP) is 6.44. The number of furan rings is 1. The first-order chi connectivity index (χ1) is 16.9. The van der Waals surface area contributed by atoms with E-state index in [0.29, 0.717) is 15.8 Å². The molecule has 8 heteroatoms. The number of benzene rings is 2. The van der Waals surface area contributed by atoms with E-state index in [2.05, 4.69) is 15.6 Å². The fraction of sp³-hybridized carbons (Fsp3) is 0.148. The van der Waals surface area contributed by atoms with Gasteiger partial charge in [-0.2, -0.15) is 0 Å². The molecule has 2 atom stereocenters. The van der Waals surface area contributed by atoms with Crippen molar-refractivity contribution in [2.24, 2.45) is 0 Å². The molecule has 0 aliphatic carbocycles. The molecule has 3 heterocycles. The number of aromatic nitrogens is 1. The highest BCUT2D eigenvalue weighted by molar-refractivity contribution is 7.80. The maximum atomic E-state index is 11.4. The van der Waals surface area contributed by atoms with Gasteiger partial charge in [-0.3, -0.25) is 9.78 Å². The Morgan fingerprint density at radius 3 is 2.63 bits per heavy atom. The number of hydrogen-bond donors (Lipinski definition) is 2. The van der Waals surface area contributed by atoms with Gasteiger partial charge in [0.15, 0.2) is 5.11 Å². The SMILES string of the molecule is CC(=O)Nc1ccc(N2C(=S)N[C@H](c3ccccn3)[C@H]2c2ccc(-c3cc(Cl)ccc3C)o2)cc1. The van der Waals surface area contributed by atoms with Gasteiger partial charge in [0.05, 0.1) is 11.7 Å². The van der Waals surface area contributed by atoms with Gasteiger partial charge < -0.3 is 20.0 Å². The fourth-order valence-electron chi connectivity index (χ4n) is 4.35. The number of aryl methyl sites for hydroxylation is 1. The Morgan fingerprint density at radius 1 is 1.11 bits per heavy atom. The molecule has 4 aromatic rings. The minimum atomic E-state index is -0.280. The Hall–Kier alpha value is -3.68. The molecule has 35 heavy (non-hydrogen) atoms. The highest BCUT2D eigenvalue weighted by atomic mass is 35.5. The quantitative estimate of drug-likeness (QED) is 0.306. The summed E-state index contributed by atoms with van der Waals surface area (Å²) >= 11 is 12.0. The monoisotopic (exact) mass is 502 g/mol. The van der Waals surface area contributed by atoms with Gasteiger partial charge >= 0.3 is 0 Å². The van der Waals surface area contributed by atoms with Crippen LogP contribution >= 0.6 is 23.8 Å². The normalized spacial score (nSPS) is 17.3. The van der Waals surface area contributed by atoms with Crippen LogP contribution in [0.1, 0.15) is 36.0 Å². The van der Waals surface area contributed by atoms with Gasteiger partial charge in [-0.25, -0.2) is 0 Å². The largest absolute Gasteiger partial charge is 0.459 e. The molecule has 0 unspecified atom stereocenters. The van der Waals surface area contributed by atoms with E-state index in [1.807, 2.05) is 84.6 Å². The van der Waals surface area contributed by atoms with Crippen LogP contribution in [0, 0.1) is 6.92 Å². The molecule has 1 saturated heterocycles. The van der Waals surface area contributed by atoms with E-state index in [0.717, 1.165) is 34.0 Å². The number of nitrogens with one attached hydrogen (secondary N) is 2. The third-order valence-corrected chi connectivity index (χ3v) is 6.50. The Bertz CT molecular complexity index is 1390. The molecule has 0 saturated carbocycles. The molecule has 2 N–H and O–H groups in total. The van der Waals surface area contributed by atoms with E-state index < -0.39 is 0 Å². The number of thiocarbonyl (C=S) groups is 1. The number of hydrogen-bond acceptors (Lipinski definition) is 4. The maximum Gasteiger partial charge on any atom is 0.221 e. The molecule has 5 rings (SSSR count). The van der Waals surface area contributed by atoms with Crippen molar-refractivity contribution in [3.8, 4) is 11.3 Å². The lowest BCUT2D eigenvalue weighted by molar-refractivity contribution is -0.114. The van der Waals surface area contributed by atoms with Crippen molar-refractivity contribution in [2.75, 3.05) is 10.2 Å². The number of nitrogens with zero attached hydrogens (tertiary/aromatic N) is 2. The van der Waals surface area contributed by atoms with Crippen molar-refractivity contribution in [2.45, 2.75) is 25.9 Å². The summed E-state index contributed by atoms with van der Waals surface area (Å²) in [5.74, 6) is 1.36. The number of carbonyl (C=O) groups excluding carboxylic acids is 1. The highest BCUT2D eigenvalue weighted by Crippen LogP contribution is 2.43. The van der Waals surface area contributed by atoms with Crippen molar-refractivity contribution in [3.63, 3.8) is 0 Å². The standard InChI is InChI=1S/C27H23ClN4O2S/c1-16-6-7-18(28)15-21(16)23-12-13-24(34-23)26-25(22-5-3-4-14-29-22)31-27(35)32(26)20-10-8-19(9-11-20)30-17(2)33/h3-15,25-26H,1-2H3,(H,30,33)(H,31,35)/t25-,26-/m1/s1. The second-order valence-corrected chi connectivity index (χ2v) is 9.21. The first-order valence-corrected chi connectivity index (χ1v) is 11.9. The molecule has 6 nitrogen and oxygen atoms in total. The first-order valence-electron chi connectivity index (χ1n) is 11.2. The number of halogens is 1. The van der Waals surface area contributed by atoms with Crippen LogP contribution < -0.4 is 15.5 Å². The number of amides is 1. The Labute approximate surface area is 213 Å². The second-order valence-electron chi connectivity index (χ2n) is 8.39. The zero-order valence-corrected chi connectivity index (χ0v) is 20.7. The number of carbonyl (C=O) groups is 1. The van der Waals surface area contributed by atoms with Gasteiger partial charge in [0.25, 0.3) is 0 Å². The minimum absolute atomic E-state index is 0.122. The van der Waals surface area contributed by atoms with Gasteiger partial charge in [0.1, 0.15) is 17.6 Å². The van der Waals surface area contributed by atoms with Gasteiger partial charge in [-0.1, -0.05) is 23.7 Å². The molecule has 2 aromatic carbocycles. The smallest absolute Gasteiger partial charge is 0.221 e. The summed E-state index contributed by atoms with van der Waals surface area (Å²) in [5, 5.41) is 7.44. The lowest BCUT2D eigenvalue weighted by Crippen LogP contribution is -2.29. The minimum Gasteiger partial charge on any atom is -0.459 e. The van der Waals surface area contributed by atoms with Gasteiger partial charge in [0.2, 0.25) is 5.91 Å². The topological polar surface area (TPSA) is 70.4 Å². The fourth-order valence-corrected chi connectivity index (χ4v) is 4.86. The molecule has 176 valence electrons. The first kappa shape index (κ1) is 23.1. The van der Waals surface area contributed by atoms with Crippen molar-refractivity contribution in [1.29, 1.82) is 0 Å².